The molecule has 2 rings (SSSR count). The lowest BCUT2D eigenvalue weighted by Crippen LogP contribution is -1.99. The summed E-state index contributed by atoms with van der Waals surface area (Å²) in [7, 11) is 0. The smallest absolute Gasteiger partial charge is 0.0472 e. The molecule has 0 radical (unpaired) electrons. The molecule has 0 aliphatic heterocycles. The molecule has 1 aromatic carbocycles. The third-order valence-corrected chi connectivity index (χ3v) is 3.48. The maximum atomic E-state index is 8.96. The number of rotatable bonds is 3. The number of nitrogen functional groups attached to an aromatic ring is 1. The molecule has 2 aromatic rings. The molecule has 0 aliphatic rings. The summed E-state index contributed by atoms with van der Waals surface area (Å²) in [6.45, 7) is 2.22. The van der Waals surface area contributed by atoms with Crippen LogP contribution in [0.25, 0.3) is 11.1 Å². The molecular formula is C13H15NOS. The molecule has 0 aliphatic carbocycles. The molecule has 0 spiro atoms. The molecule has 3 heteroatoms. The van der Waals surface area contributed by atoms with Crippen LogP contribution in [0.2, 0.25) is 0 Å². The fourth-order valence-electron chi connectivity index (χ4n) is 1.79. The van der Waals surface area contributed by atoms with Gasteiger partial charge in [0.25, 0.3) is 0 Å². The molecule has 0 amide bonds. The standard InChI is InChI=1S/C13H15NOS/c1-9-7-11(8-16-9)12-4-2-3-10(5-6-15)13(12)14/h2-4,7-8,15H,5-6,14H2,1H3. The second-order valence-electron chi connectivity index (χ2n) is 3.80. The van der Waals surface area contributed by atoms with Crippen LogP contribution in [-0.4, -0.2) is 11.7 Å². The number of thiophene rings is 1. The van der Waals surface area contributed by atoms with E-state index in [1.807, 2.05) is 18.2 Å². The van der Waals surface area contributed by atoms with Crippen LogP contribution in [0.1, 0.15) is 10.4 Å². The number of anilines is 1. The Hall–Kier alpha value is -1.32. The molecule has 16 heavy (non-hydrogen) atoms. The highest BCUT2D eigenvalue weighted by Crippen LogP contribution is 2.31. The Morgan fingerprint density at radius 2 is 2.19 bits per heavy atom. The van der Waals surface area contributed by atoms with Gasteiger partial charge in [-0.15, -0.1) is 11.3 Å². The van der Waals surface area contributed by atoms with E-state index in [0.717, 1.165) is 16.8 Å². The van der Waals surface area contributed by atoms with E-state index >= 15 is 0 Å². The largest absolute Gasteiger partial charge is 0.398 e. The molecule has 0 atom stereocenters. The van der Waals surface area contributed by atoms with E-state index in [1.54, 1.807) is 11.3 Å². The molecule has 3 N–H and O–H groups in total. The molecule has 0 fully saturated rings. The lowest BCUT2D eigenvalue weighted by atomic mass is 10.0. The highest BCUT2D eigenvalue weighted by Gasteiger charge is 2.07. The molecule has 1 heterocycles. The first kappa shape index (κ1) is 11.2. The third-order valence-electron chi connectivity index (χ3n) is 2.62. The minimum atomic E-state index is 0.135. The minimum absolute atomic E-state index is 0.135. The Labute approximate surface area is 99.4 Å². The normalized spacial score (nSPS) is 10.6. The number of hydrogen-bond acceptors (Lipinski definition) is 3. The van der Waals surface area contributed by atoms with Gasteiger partial charge in [0.1, 0.15) is 0 Å². The van der Waals surface area contributed by atoms with Crippen molar-refractivity contribution in [2.45, 2.75) is 13.3 Å². The van der Waals surface area contributed by atoms with Crippen molar-refractivity contribution in [2.75, 3.05) is 12.3 Å². The van der Waals surface area contributed by atoms with Crippen molar-refractivity contribution in [3.8, 4) is 11.1 Å². The molecule has 0 bridgehead atoms. The van der Waals surface area contributed by atoms with Crippen molar-refractivity contribution in [1.82, 2.24) is 0 Å². The van der Waals surface area contributed by atoms with E-state index in [1.165, 1.54) is 10.4 Å². The summed E-state index contributed by atoms with van der Waals surface area (Å²) in [5.74, 6) is 0. The van der Waals surface area contributed by atoms with Gasteiger partial charge in [-0.1, -0.05) is 18.2 Å². The fourth-order valence-corrected chi connectivity index (χ4v) is 2.49. The number of benzene rings is 1. The maximum absolute atomic E-state index is 8.96. The predicted octanol–water partition coefficient (Wildman–Crippen LogP) is 2.84. The van der Waals surface area contributed by atoms with Crippen LogP contribution in [0.4, 0.5) is 5.69 Å². The first-order valence-electron chi connectivity index (χ1n) is 5.26. The third kappa shape index (κ3) is 2.10. The Morgan fingerprint density at radius 1 is 1.38 bits per heavy atom. The Balaban J connectivity index is 2.45. The van der Waals surface area contributed by atoms with Crippen molar-refractivity contribution < 1.29 is 5.11 Å². The van der Waals surface area contributed by atoms with Gasteiger partial charge in [0.15, 0.2) is 0 Å². The van der Waals surface area contributed by atoms with Gasteiger partial charge in [-0.2, -0.15) is 0 Å². The number of aryl methyl sites for hydroxylation is 1. The van der Waals surface area contributed by atoms with Crippen molar-refractivity contribution in [3.63, 3.8) is 0 Å². The molecule has 0 saturated carbocycles. The molecular weight excluding hydrogens is 218 g/mol. The predicted molar refractivity (Wildman–Crippen MR) is 69.7 cm³/mol. The highest BCUT2D eigenvalue weighted by atomic mass is 32.1. The zero-order valence-electron chi connectivity index (χ0n) is 9.23. The van der Waals surface area contributed by atoms with Gasteiger partial charge in [-0.05, 0) is 35.9 Å². The first-order chi connectivity index (χ1) is 7.72. The van der Waals surface area contributed by atoms with E-state index in [4.69, 9.17) is 10.8 Å². The zero-order chi connectivity index (χ0) is 11.5. The van der Waals surface area contributed by atoms with Gasteiger partial charge in [-0.25, -0.2) is 0 Å². The fraction of sp³-hybridized carbons (Fsp3) is 0.231. The van der Waals surface area contributed by atoms with Gasteiger partial charge >= 0.3 is 0 Å². The van der Waals surface area contributed by atoms with Crippen LogP contribution in [0.15, 0.2) is 29.6 Å². The topological polar surface area (TPSA) is 46.2 Å². The summed E-state index contributed by atoms with van der Waals surface area (Å²) in [5.41, 5.74) is 10.1. The van der Waals surface area contributed by atoms with Gasteiger partial charge in [-0.3, -0.25) is 0 Å². The summed E-state index contributed by atoms with van der Waals surface area (Å²) < 4.78 is 0. The average Bonchev–Trinajstić information content (AvgIpc) is 2.68. The highest BCUT2D eigenvalue weighted by molar-refractivity contribution is 7.10. The van der Waals surface area contributed by atoms with Crippen LogP contribution in [0.5, 0.6) is 0 Å². The van der Waals surface area contributed by atoms with E-state index in [2.05, 4.69) is 18.4 Å². The quantitative estimate of drug-likeness (QED) is 0.801. The summed E-state index contributed by atoms with van der Waals surface area (Å²) in [4.78, 5) is 1.28. The Kier molecular flexibility index (Phi) is 3.27. The lowest BCUT2D eigenvalue weighted by molar-refractivity contribution is 0.300. The summed E-state index contributed by atoms with van der Waals surface area (Å²) >= 11 is 1.72. The molecule has 0 saturated heterocycles. The molecule has 2 nitrogen and oxygen atoms in total. The van der Waals surface area contributed by atoms with Crippen LogP contribution < -0.4 is 5.73 Å². The number of hydrogen-bond donors (Lipinski definition) is 2. The minimum Gasteiger partial charge on any atom is -0.398 e. The van der Waals surface area contributed by atoms with Crippen LogP contribution in [-0.2, 0) is 6.42 Å². The van der Waals surface area contributed by atoms with E-state index in [0.29, 0.717) is 6.42 Å². The van der Waals surface area contributed by atoms with Crippen molar-refractivity contribution >= 4 is 17.0 Å². The van der Waals surface area contributed by atoms with Gasteiger partial charge in [0.05, 0.1) is 0 Å². The summed E-state index contributed by atoms with van der Waals surface area (Å²) in [5, 5.41) is 11.1. The van der Waals surface area contributed by atoms with Crippen molar-refractivity contribution in [2.24, 2.45) is 0 Å². The van der Waals surface area contributed by atoms with Crippen molar-refractivity contribution in [3.05, 3.63) is 40.1 Å². The molecule has 0 unspecified atom stereocenters. The van der Waals surface area contributed by atoms with Crippen LogP contribution in [0, 0.1) is 6.92 Å². The van der Waals surface area contributed by atoms with Gasteiger partial charge < -0.3 is 10.8 Å². The van der Waals surface area contributed by atoms with Crippen LogP contribution in [0.3, 0.4) is 0 Å². The molecule has 84 valence electrons. The summed E-state index contributed by atoms with van der Waals surface area (Å²) in [6, 6.07) is 8.12. The number of para-hydroxylation sites is 1. The van der Waals surface area contributed by atoms with E-state index < -0.39 is 0 Å². The monoisotopic (exact) mass is 233 g/mol. The SMILES string of the molecule is Cc1cc(-c2cccc(CCO)c2N)cs1. The van der Waals surface area contributed by atoms with Crippen LogP contribution >= 0.6 is 11.3 Å². The zero-order valence-corrected chi connectivity index (χ0v) is 10.1. The van der Waals surface area contributed by atoms with Gasteiger partial charge in [0.2, 0.25) is 0 Å². The molecule has 1 aromatic heterocycles. The summed E-state index contributed by atoms with van der Waals surface area (Å²) in [6.07, 6.45) is 0.614. The number of nitrogens with two attached hydrogens (primary N) is 1. The Morgan fingerprint density at radius 3 is 2.81 bits per heavy atom. The maximum Gasteiger partial charge on any atom is 0.0472 e. The second kappa shape index (κ2) is 4.68. The Bertz CT molecular complexity index is 490. The first-order valence-corrected chi connectivity index (χ1v) is 6.14. The van der Waals surface area contributed by atoms with Gasteiger partial charge in [0, 0.05) is 22.7 Å². The lowest BCUT2D eigenvalue weighted by Gasteiger charge is -2.08. The number of aliphatic hydroxyl groups excluding tert-OH is 1. The van der Waals surface area contributed by atoms with Crippen molar-refractivity contribution in [1.29, 1.82) is 0 Å². The average molecular weight is 233 g/mol. The van der Waals surface area contributed by atoms with E-state index in [-0.39, 0.29) is 6.61 Å². The number of aliphatic hydroxyl groups is 1. The van der Waals surface area contributed by atoms with E-state index in [9.17, 15) is 0 Å². The second-order valence-corrected chi connectivity index (χ2v) is 4.91.